The molecule has 2 atom stereocenters. The molecule has 2 aromatic heterocycles. The second-order valence-corrected chi connectivity index (χ2v) is 11.4. The standard InChI is InChI=1S/C29H35FN6O2/c30-24-25(22-6-2-1-5-19(22)9-14-37)31-15-23-26(24)33-28(38-18-29-10-3-12-36(29)13-4-11-29)34-27(23)35-16-20-7-8-21(17-35)32-20/h1-2,5-6,15,20-21,32,37H,3-4,7-14,16-18H2/t20-,21-/m1/s1. The Balaban J connectivity index is 1.31. The molecule has 0 unspecified atom stereocenters. The van der Waals surface area contributed by atoms with Gasteiger partial charge in [-0.3, -0.25) is 9.88 Å². The van der Waals surface area contributed by atoms with E-state index in [9.17, 15) is 5.11 Å². The molecule has 38 heavy (non-hydrogen) atoms. The summed E-state index contributed by atoms with van der Waals surface area (Å²) in [5.74, 6) is 0.234. The molecule has 2 bridgehead atoms. The molecule has 0 spiro atoms. The van der Waals surface area contributed by atoms with Gasteiger partial charge in [-0.25, -0.2) is 4.39 Å². The minimum atomic E-state index is -0.471. The van der Waals surface area contributed by atoms with Gasteiger partial charge >= 0.3 is 6.01 Å². The average Bonchev–Trinajstić information content (AvgIpc) is 3.62. The van der Waals surface area contributed by atoms with E-state index in [1.807, 2.05) is 24.3 Å². The molecule has 4 fully saturated rings. The summed E-state index contributed by atoms with van der Waals surface area (Å²) in [7, 11) is 0. The van der Waals surface area contributed by atoms with E-state index in [-0.39, 0.29) is 29.4 Å². The van der Waals surface area contributed by atoms with E-state index in [0.717, 1.165) is 57.4 Å². The average molecular weight is 519 g/mol. The van der Waals surface area contributed by atoms with E-state index >= 15 is 4.39 Å². The van der Waals surface area contributed by atoms with Crippen molar-refractivity contribution in [1.82, 2.24) is 25.2 Å². The Bertz CT molecular complexity index is 1330. The smallest absolute Gasteiger partial charge is 0.319 e. The Morgan fingerprint density at radius 1 is 1.08 bits per heavy atom. The van der Waals surface area contributed by atoms with E-state index in [2.05, 4.69) is 25.1 Å². The first-order valence-electron chi connectivity index (χ1n) is 14.1. The lowest BCUT2D eigenvalue weighted by atomic mass is 9.95. The lowest BCUT2D eigenvalue weighted by molar-refractivity contribution is 0.108. The molecule has 0 radical (unpaired) electrons. The van der Waals surface area contributed by atoms with Crippen molar-refractivity contribution in [1.29, 1.82) is 0 Å². The van der Waals surface area contributed by atoms with Crippen molar-refractivity contribution in [2.24, 2.45) is 0 Å². The van der Waals surface area contributed by atoms with E-state index in [1.54, 1.807) is 6.20 Å². The Kier molecular flexibility index (Phi) is 6.17. The molecule has 9 heteroatoms. The summed E-state index contributed by atoms with van der Waals surface area (Å²) in [6, 6.07) is 8.58. The van der Waals surface area contributed by atoms with Crippen LogP contribution in [-0.2, 0) is 6.42 Å². The number of nitrogens with one attached hydrogen (secondary N) is 1. The number of halogens is 1. The van der Waals surface area contributed by atoms with Crippen molar-refractivity contribution >= 4 is 16.7 Å². The zero-order chi connectivity index (χ0) is 25.7. The van der Waals surface area contributed by atoms with Crippen LogP contribution in [0.5, 0.6) is 6.01 Å². The van der Waals surface area contributed by atoms with Crippen molar-refractivity contribution in [2.45, 2.75) is 62.6 Å². The number of benzene rings is 1. The number of pyridine rings is 1. The third kappa shape index (κ3) is 4.12. The van der Waals surface area contributed by atoms with Crippen LogP contribution in [0.3, 0.4) is 0 Å². The first-order valence-corrected chi connectivity index (χ1v) is 14.1. The number of nitrogens with zero attached hydrogens (tertiary/aromatic N) is 5. The van der Waals surface area contributed by atoms with Gasteiger partial charge in [0.05, 0.1) is 10.9 Å². The maximum atomic E-state index is 16.3. The number of aliphatic hydroxyl groups excluding tert-OH is 1. The molecule has 8 nitrogen and oxygen atoms in total. The van der Waals surface area contributed by atoms with Crippen LogP contribution in [0, 0.1) is 5.82 Å². The van der Waals surface area contributed by atoms with Crippen LogP contribution < -0.4 is 15.0 Å². The Hall–Kier alpha value is -2.88. The van der Waals surface area contributed by atoms with Gasteiger partial charge in [0.1, 0.15) is 23.6 Å². The van der Waals surface area contributed by atoms with Crippen LogP contribution >= 0.6 is 0 Å². The quantitative estimate of drug-likeness (QED) is 0.493. The van der Waals surface area contributed by atoms with E-state index in [1.165, 1.54) is 12.8 Å². The lowest BCUT2D eigenvalue weighted by Gasteiger charge is -2.34. The van der Waals surface area contributed by atoms with Crippen molar-refractivity contribution in [3.8, 4) is 17.3 Å². The number of ether oxygens (including phenoxy) is 1. The van der Waals surface area contributed by atoms with Crippen molar-refractivity contribution in [2.75, 3.05) is 44.3 Å². The highest BCUT2D eigenvalue weighted by Gasteiger charge is 2.45. The summed E-state index contributed by atoms with van der Waals surface area (Å²) in [6.45, 7) is 4.40. The Labute approximate surface area is 222 Å². The Morgan fingerprint density at radius 3 is 2.61 bits per heavy atom. The van der Waals surface area contributed by atoms with E-state index in [4.69, 9.17) is 9.72 Å². The van der Waals surface area contributed by atoms with Crippen LogP contribution in [0.1, 0.15) is 44.1 Å². The number of piperazine rings is 1. The highest BCUT2D eigenvalue weighted by Crippen LogP contribution is 2.40. The van der Waals surface area contributed by atoms with Gasteiger partial charge in [-0.1, -0.05) is 24.3 Å². The number of anilines is 1. The molecule has 4 saturated heterocycles. The maximum absolute atomic E-state index is 16.3. The molecule has 0 aliphatic carbocycles. The normalized spacial score (nSPS) is 24.3. The number of hydrogen-bond acceptors (Lipinski definition) is 8. The molecule has 3 aromatic rings. The molecule has 4 aliphatic heterocycles. The zero-order valence-corrected chi connectivity index (χ0v) is 21.7. The zero-order valence-electron chi connectivity index (χ0n) is 21.7. The van der Waals surface area contributed by atoms with Crippen LogP contribution in [-0.4, -0.2) is 82.0 Å². The molecule has 200 valence electrons. The summed E-state index contributed by atoms with van der Waals surface area (Å²) >= 11 is 0. The van der Waals surface area contributed by atoms with Crippen molar-refractivity contribution < 1.29 is 14.2 Å². The predicted molar refractivity (Wildman–Crippen MR) is 144 cm³/mol. The second kappa shape index (κ2) is 9.70. The Morgan fingerprint density at radius 2 is 1.84 bits per heavy atom. The molecule has 0 saturated carbocycles. The summed E-state index contributed by atoms with van der Waals surface area (Å²) in [4.78, 5) is 18.9. The van der Waals surface area contributed by atoms with Gasteiger partial charge in [0, 0.05) is 43.5 Å². The summed E-state index contributed by atoms with van der Waals surface area (Å²) in [5.41, 5.74) is 2.07. The third-order valence-corrected chi connectivity index (χ3v) is 9.09. The van der Waals surface area contributed by atoms with Gasteiger partial charge in [0.25, 0.3) is 0 Å². The topological polar surface area (TPSA) is 86.6 Å². The summed E-state index contributed by atoms with van der Waals surface area (Å²) < 4.78 is 22.7. The van der Waals surface area contributed by atoms with Gasteiger partial charge in [-0.2, -0.15) is 9.97 Å². The molecule has 6 heterocycles. The minimum Gasteiger partial charge on any atom is -0.461 e. The van der Waals surface area contributed by atoms with Gasteiger partial charge in [0.15, 0.2) is 5.82 Å². The van der Waals surface area contributed by atoms with Crippen molar-refractivity contribution in [3.05, 3.63) is 41.8 Å². The molecule has 7 rings (SSSR count). The fourth-order valence-corrected chi connectivity index (χ4v) is 7.23. The SMILES string of the molecule is OCCc1ccccc1-c1ncc2c(N3C[C@H]4CC[C@H](C3)N4)nc(OCC34CCCN3CCC4)nc2c1F. The number of aliphatic hydroxyl groups is 1. The number of aromatic nitrogens is 3. The highest BCUT2D eigenvalue weighted by molar-refractivity contribution is 5.92. The molecular weight excluding hydrogens is 483 g/mol. The third-order valence-electron chi connectivity index (χ3n) is 9.09. The lowest BCUT2D eigenvalue weighted by Crippen LogP contribution is -2.51. The van der Waals surface area contributed by atoms with Crippen LogP contribution in [0.25, 0.3) is 22.2 Å². The van der Waals surface area contributed by atoms with Gasteiger partial charge in [-0.05, 0) is 63.6 Å². The molecular formula is C29H35FN6O2. The fraction of sp³-hybridized carbons (Fsp3) is 0.552. The minimum absolute atomic E-state index is 0.0133. The second-order valence-electron chi connectivity index (χ2n) is 11.4. The van der Waals surface area contributed by atoms with Crippen molar-refractivity contribution in [3.63, 3.8) is 0 Å². The maximum Gasteiger partial charge on any atom is 0.319 e. The number of fused-ring (bicyclic) bond motifs is 4. The van der Waals surface area contributed by atoms with E-state index < -0.39 is 5.82 Å². The summed E-state index contributed by atoms with van der Waals surface area (Å²) in [6.07, 6.45) is 9.05. The number of hydrogen-bond donors (Lipinski definition) is 2. The van der Waals surface area contributed by atoms with Crippen LogP contribution in [0.15, 0.2) is 30.5 Å². The molecule has 2 N–H and O–H groups in total. The molecule has 4 aliphatic rings. The van der Waals surface area contributed by atoms with Crippen LogP contribution in [0.2, 0.25) is 0 Å². The first kappa shape index (κ1) is 24.2. The van der Waals surface area contributed by atoms with Gasteiger partial charge < -0.3 is 20.1 Å². The van der Waals surface area contributed by atoms with Gasteiger partial charge in [0.2, 0.25) is 0 Å². The van der Waals surface area contributed by atoms with E-state index in [0.29, 0.717) is 41.9 Å². The van der Waals surface area contributed by atoms with Gasteiger partial charge in [-0.15, -0.1) is 0 Å². The molecule has 1 aromatic carbocycles. The highest BCUT2D eigenvalue weighted by atomic mass is 19.1. The fourth-order valence-electron chi connectivity index (χ4n) is 7.23. The largest absolute Gasteiger partial charge is 0.461 e. The first-order chi connectivity index (χ1) is 18.6. The van der Waals surface area contributed by atoms with Crippen LogP contribution in [0.4, 0.5) is 10.2 Å². The number of rotatable bonds is 7. The monoisotopic (exact) mass is 518 g/mol. The summed E-state index contributed by atoms with van der Waals surface area (Å²) in [5, 5.41) is 13.8. The predicted octanol–water partition coefficient (Wildman–Crippen LogP) is 3.31. The molecule has 0 amide bonds.